The van der Waals surface area contributed by atoms with Gasteiger partial charge in [-0.15, -0.1) is 0 Å². The van der Waals surface area contributed by atoms with Crippen LogP contribution in [0.3, 0.4) is 0 Å². The zero-order chi connectivity index (χ0) is 23.0. The second-order valence-corrected chi connectivity index (χ2v) is 5.61. The summed E-state index contributed by atoms with van der Waals surface area (Å²) in [5.41, 5.74) is -1.32. The van der Waals surface area contributed by atoms with Gasteiger partial charge >= 0.3 is 29.8 Å². The van der Waals surface area contributed by atoms with Crippen LogP contribution in [-0.4, -0.2) is 50.3 Å². The Morgan fingerprint density at radius 2 is 1.13 bits per heavy atom. The van der Waals surface area contributed by atoms with Crippen molar-refractivity contribution in [3.8, 4) is 5.75 Å². The van der Waals surface area contributed by atoms with Gasteiger partial charge < -0.3 is 25.2 Å². The van der Waals surface area contributed by atoms with Gasteiger partial charge in [-0.3, -0.25) is 0 Å². The molecule has 0 saturated heterocycles. The van der Waals surface area contributed by atoms with Crippen molar-refractivity contribution in [1.29, 1.82) is 0 Å². The van der Waals surface area contributed by atoms with Gasteiger partial charge in [-0.2, -0.15) is 0 Å². The molecule has 30 heavy (non-hydrogen) atoms. The summed E-state index contributed by atoms with van der Waals surface area (Å²) in [7, 11) is 0. The Hall–Kier alpha value is -4.47. The Balaban J connectivity index is 0.000000325. The summed E-state index contributed by atoms with van der Waals surface area (Å²) in [6.45, 7) is 4.74. The minimum Gasteiger partial charge on any atom is -0.478 e. The van der Waals surface area contributed by atoms with Crippen molar-refractivity contribution in [2.24, 2.45) is 0 Å². The zero-order valence-electron chi connectivity index (χ0n) is 15.5. The number of carboxylic acids is 4. The lowest BCUT2D eigenvalue weighted by Gasteiger charge is -2.09. The Morgan fingerprint density at radius 1 is 0.700 bits per heavy atom. The molecular formula is C20H16O10. The van der Waals surface area contributed by atoms with E-state index in [2.05, 4.69) is 6.58 Å². The molecule has 0 aliphatic carbocycles. The van der Waals surface area contributed by atoms with Crippen LogP contribution in [0.5, 0.6) is 5.75 Å². The van der Waals surface area contributed by atoms with Crippen LogP contribution in [0, 0.1) is 0 Å². The van der Waals surface area contributed by atoms with E-state index >= 15 is 0 Å². The molecule has 0 aliphatic heterocycles. The van der Waals surface area contributed by atoms with Crippen LogP contribution in [-0.2, 0) is 4.79 Å². The molecule has 0 fully saturated rings. The molecule has 0 heterocycles. The van der Waals surface area contributed by atoms with Crippen molar-refractivity contribution in [3.05, 3.63) is 76.9 Å². The Kier molecular flexibility index (Phi) is 8.00. The molecule has 0 saturated carbocycles. The number of esters is 1. The lowest BCUT2D eigenvalue weighted by atomic mass is 10.1. The molecule has 0 radical (unpaired) electrons. The summed E-state index contributed by atoms with van der Waals surface area (Å²) < 4.78 is 4.78. The third kappa shape index (κ3) is 6.02. The lowest BCUT2D eigenvalue weighted by Crippen LogP contribution is -2.14. The highest BCUT2D eigenvalue weighted by Gasteiger charge is 2.22. The number of ether oxygens (including phenoxy) is 1. The molecule has 4 N–H and O–H groups in total. The quantitative estimate of drug-likeness (QED) is 0.311. The normalized spacial score (nSPS) is 9.50. The number of carbonyl (C=O) groups excluding carboxylic acids is 1. The van der Waals surface area contributed by atoms with E-state index in [-0.39, 0.29) is 22.4 Å². The first-order valence-electron chi connectivity index (χ1n) is 8.00. The SMILES string of the molecule is C=C(C)C(=O)Oc1cccc(C(=O)O)c1C(=O)O.O=C(O)c1ccccc1C(=O)O. The topological polar surface area (TPSA) is 176 Å². The third-order valence-electron chi connectivity index (χ3n) is 3.41. The number of carbonyl (C=O) groups is 5. The van der Waals surface area contributed by atoms with Crippen molar-refractivity contribution < 1.29 is 49.1 Å². The summed E-state index contributed by atoms with van der Waals surface area (Å²) in [6.07, 6.45) is 0. The van der Waals surface area contributed by atoms with Gasteiger partial charge in [0.05, 0.1) is 16.7 Å². The van der Waals surface area contributed by atoms with E-state index in [1.807, 2.05) is 0 Å². The minimum atomic E-state index is -1.49. The van der Waals surface area contributed by atoms with Crippen LogP contribution in [0.2, 0.25) is 0 Å². The van der Waals surface area contributed by atoms with Gasteiger partial charge in [-0.1, -0.05) is 24.8 Å². The largest absolute Gasteiger partial charge is 0.478 e. The number of hydrogen-bond acceptors (Lipinski definition) is 6. The second kappa shape index (κ2) is 10.2. The summed E-state index contributed by atoms with van der Waals surface area (Å²) in [4.78, 5) is 54.1. The van der Waals surface area contributed by atoms with E-state index in [0.717, 1.165) is 6.07 Å². The van der Waals surface area contributed by atoms with Gasteiger partial charge in [0.2, 0.25) is 0 Å². The molecule has 0 bridgehead atoms. The maximum absolute atomic E-state index is 11.3. The van der Waals surface area contributed by atoms with Crippen LogP contribution in [0.25, 0.3) is 0 Å². The van der Waals surface area contributed by atoms with Crippen LogP contribution in [0.1, 0.15) is 48.4 Å². The van der Waals surface area contributed by atoms with Crippen LogP contribution in [0.15, 0.2) is 54.6 Å². The fourth-order valence-electron chi connectivity index (χ4n) is 2.06. The Bertz CT molecular complexity index is 1000. The molecule has 2 rings (SSSR count). The van der Waals surface area contributed by atoms with E-state index in [1.54, 1.807) is 0 Å². The van der Waals surface area contributed by atoms with Crippen molar-refractivity contribution in [2.75, 3.05) is 0 Å². The monoisotopic (exact) mass is 416 g/mol. The van der Waals surface area contributed by atoms with Gasteiger partial charge in [-0.05, 0) is 31.2 Å². The van der Waals surface area contributed by atoms with Crippen molar-refractivity contribution in [1.82, 2.24) is 0 Å². The van der Waals surface area contributed by atoms with E-state index in [9.17, 15) is 24.0 Å². The lowest BCUT2D eigenvalue weighted by molar-refractivity contribution is -0.130. The maximum atomic E-state index is 11.3. The fraction of sp³-hybridized carbons (Fsp3) is 0.0500. The first-order chi connectivity index (χ1) is 14.0. The molecule has 0 amide bonds. The number of rotatable bonds is 6. The predicted molar refractivity (Wildman–Crippen MR) is 101 cm³/mol. The summed E-state index contributed by atoms with van der Waals surface area (Å²) in [5, 5.41) is 34.9. The molecule has 0 aliphatic rings. The molecule has 156 valence electrons. The molecule has 0 aromatic heterocycles. The predicted octanol–water partition coefficient (Wildman–Crippen LogP) is 2.65. The number of aromatic carboxylic acids is 4. The molecule has 10 nitrogen and oxygen atoms in total. The third-order valence-corrected chi connectivity index (χ3v) is 3.41. The van der Waals surface area contributed by atoms with Crippen molar-refractivity contribution in [3.63, 3.8) is 0 Å². The van der Waals surface area contributed by atoms with Crippen molar-refractivity contribution >= 4 is 29.8 Å². The van der Waals surface area contributed by atoms with Gasteiger partial charge in [0.1, 0.15) is 11.3 Å². The number of carboxylic acid groups (broad SMARTS) is 4. The highest BCUT2D eigenvalue weighted by atomic mass is 16.5. The highest BCUT2D eigenvalue weighted by molar-refractivity contribution is 6.04. The summed E-state index contributed by atoms with van der Waals surface area (Å²) in [5.74, 6) is -6.51. The average Bonchev–Trinajstić information content (AvgIpc) is 2.67. The smallest absolute Gasteiger partial charge is 0.340 e. The standard InChI is InChI=1S/C12H10O6.C8H6O4/c1-6(2)12(17)18-8-5-3-4-7(10(13)14)9(8)11(15)16;9-7(10)5-3-1-2-4-6(5)8(11)12/h3-5H,1H2,2H3,(H,13,14)(H,15,16);1-4H,(H,9,10)(H,11,12). The number of hydrogen-bond donors (Lipinski definition) is 4. The van der Waals surface area contributed by atoms with Crippen molar-refractivity contribution in [2.45, 2.75) is 6.92 Å². The highest BCUT2D eigenvalue weighted by Crippen LogP contribution is 2.23. The minimum absolute atomic E-state index is 0.0760. The van der Waals surface area contributed by atoms with Gasteiger partial charge in [0.15, 0.2) is 0 Å². The average molecular weight is 416 g/mol. The zero-order valence-corrected chi connectivity index (χ0v) is 15.5. The van der Waals surface area contributed by atoms with E-state index < -0.39 is 41.0 Å². The first kappa shape index (κ1) is 23.6. The molecule has 0 spiro atoms. The first-order valence-corrected chi connectivity index (χ1v) is 8.00. The van der Waals surface area contributed by atoms with Gasteiger partial charge in [0, 0.05) is 5.57 Å². The summed E-state index contributed by atoms with van der Waals surface area (Å²) >= 11 is 0. The maximum Gasteiger partial charge on any atom is 0.340 e. The molecule has 2 aromatic carbocycles. The molecule has 0 atom stereocenters. The molecule has 2 aromatic rings. The van der Waals surface area contributed by atoms with E-state index in [4.69, 9.17) is 25.2 Å². The van der Waals surface area contributed by atoms with E-state index in [1.165, 1.54) is 43.3 Å². The van der Waals surface area contributed by atoms with E-state index in [0.29, 0.717) is 0 Å². The molecule has 0 unspecified atom stereocenters. The Labute approximate surface area is 169 Å². The van der Waals surface area contributed by atoms with Gasteiger partial charge in [-0.25, -0.2) is 24.0 Å². The second-order valence-electron chi connectivity index (χ2n) is 5.61. The molecular weight excluding hydrogens is 400 g/mol. The van der Waals surface area contributed by atoms with Crippen LogP contribution < -0.4 is 4.74 Å². The van der Waals surface area contributed by atoms with Crippen LogP contribution in [0.4, 0.5) is 0 Å². The Morgan fingerprint density at radius 3 is 1.50 bits per heavy atom. The number of benzene rings is 2. The fourth-order valence-corrected chi connectivity index (χ4v) is 2.06. The molecule has 10 heteroatoms. The van der Waals surface area contributed by atoms with Crippen LogP contribution >= 0.6 is 0 Å². The van der Waals surface area contributed by atoms with Gasteiger partial charge in [0.25, 0.3) is 0 Å². The summed E-state index contributed by atoms with van der Waals surface area (Å²) in [6, 6.07) is 9.08.